The summed E-state index contributed by atoms with van der Waals surface area (Å²) in [5.41, 5.74) is 3.35. The van der Waals surface area contributed by atoms with E-state index >= 15 is 0 Å². The van der Waals surface area contributed by atoms with Crippen LogP contribution in [-0.2, 0) is 6.42 Å². The Morgan fingerprint density at radius 1 is 0.921 bits per heavy atom. The fraction of sp³-hybridized carbons (Fsp3) is 0.179. The number of hydrogen-bond acceptors (Lipinski definition) is 5. The number of ether oxygens (including phenoxy) is 2. The molecule has 2 aromatic carbocycles. The Hall–Kier alpha value is -4.47. The molecule has 196 valence electrons. The van der Waals surface area contributed by atoms with E-state index in [1.54, 1.807) is 36.4 Å². The van der Waals surface area contributed by atoms with Crippen LogP contribution >= 0.6 is 0 Å². The second-order valence-electron chi connectivity index (χ2n) is 8.40. The molecule has 0 aliphatic rings. The van der Waals surface area contributed by atoms with E-state index in [1.165, 1.54) is 30.7 Å². The van der Waals surface area contributed by atoms with Gasteiger partial charge in [-0.15, -0.1) is 0 Å². The van der Waals surface area contributed by atoms with E-state index in [0.717, 1.165) is 17.2 Å². The van der Waals surface area contributed by atoms with Gasteiger partial charge < -0.3 is 14.7 Å². The van der Waals surface area contributed by atoms with Crippen molar-refractivity contribution in [2.75, 3.05) is 0 Å². The number of aryl methyl sites for hydroxylation is 1. The van der Waals surface area contributed by atoms with Crippen LogP contribution in [0.15, 0.2) is 85.3 Å². The van der Waals surface area contributed by atoms with Gasteiger partial charge in [0.25, 0.3) is 0 Å². The molecule has 1 unspecified atom stereocenters. The lowest BCUT2D eigenvalue weighted by molar-refractivity contribution is -0.605. The van der Waals surface area contributed by atoms with Crippen molar-refractivity contribution in [2.45, 2.75) is 32.5 Å². The van der Waals surface area contributed by atoms with E-state index in [9.17, 15) is 27.6 Å². The van der Waals surface area contributed by atoms with E-state index in [4.69, 9.17) is 0 Å². The van der Waals surface area contributed by atoms with E-state index in [0.29, 0.717) is 27.1 Å². The number of rotatable bonds is 10. The van der Waals surface area contributed by atoms with Crippen molar-refractivity contribution in [3.05, 3.63) is 124 Å². The average Bonchev–Trinajstić information content (AvgIpc) is 2.89. The Bertz CT molecular complexity index is 1400. The maximum atomic E-state index is 13.0. The van der Waals surface area contributed by atoms with Gasteiger partial charge in [0, 0.05) is 41.1 Å². The summed E-state index contributed by atoms with van der Waals surface area (Å²) >= 11 is 0. The second kappa shape index (κ2) is 11.7. The third-order valence-corrected chi connectivity index (χ3v) is 5.91. The monoisotopic (exact) mass is 526 g/mol. The van der Waals surface area contributed by atoms with Gasteiger partial charge in [0.2, 0.25) is 0 Å². The zero-order valence-electron chi connectivity index (χ0n) is 20.1. The summed E-state index contributed by atoms with van der Waals surface area (Å²) in [6.07, 6.45) is 4.34. The molecule has 0 aliphatic heterocycles. The molecule has 0 amide bonds. The first-order valence-corrected chi connectivity index (χ1v) is 11.5. The number of halogens is 4. The summed E-state index contributed by atoms with van der Waals surface area (Å²) < 4.78 is 61.1. The summed E-state index contributed by atoms with van der Waals surface area (Å²) in [5, 5.41) is 11.5. The minimum Gasteiger partial charge on any atom is -0.619 e. The highest BCUT2D eigenvalue weighted by Gasteiger charge is 2.22. The normalized spacial score (nSPS) is 12.0. The highest BCUT2D eigenvalue weighted by molar-refractivity contribution is 6.09. The molecule has 1 atom stereocenters. The first-order chi connectivity index (χ1) is 18.2. The van der Waals surface area contributed by atoms with Crippen LogP contribution in [0.5, 0.6) is 11.5 Å². The average molecular weight is 526 g/mol. The van der Waals surface area contributed by atoms with Gasteiger partial charge in [-0.05, 0) is 54.3 Å². The van der Waals surface area contributed by atoms with Crippen molar-refractivity contribution in [1.29, 1.82) is 0 Å². The number of hydrogen-bond donors (Lipinski definition) is 0. The van der Waals surface area contributed by atoms with Crippen LogP contribution in [0.3, 0.4) is 0 Å². The van der Waals surface area contributed by atoms with Crippen molar-refractivity contribution in [3.8, 4) is 11.5 Å². The second-order valence-corrected chi connectivity index (χ2v) is 8.40. The Kier molecular flexibility index (Phi) is 8.20. The van der Waals surface area contributed by atoms with E-state index in [2.05, 4.69) is 14.5 Å². The van der Waals surface area contributed by atoms with Gasteiger partial charge in [0.15, 0.2) is 29.7 Å². The van der Waals surface area contributed by atoms with Gasteiger partial charge in [0.1, 0.15) is 0 Å². The topological polar surface area (TPSA) is 75.4 Å². The van der Waals surface area contributed by atoms with Crippen molar-refractivity contribution in [3.63, 3.8) is 0 Å². The predicted molar refractivity (Wildman–Crippen MR) is 130 cm³/mol. The van der Waals surface area contributed by atoms with Crippen molar-refractivity contribution in [2.24, 2.45) is 0 Å². The number of carbonyl (C=O) groups is 1. The number of alkyl halides is 4. The number of ketones is 1. The molecule has 4 aromatic rings. The maximum Gasteiger partial charge on any atom is 0.387 e. The molecule has 4 rings (SSSR count). The number of benzene rings is 2. The predicted octanol–water partition coefficient (Wildman–Crippen LogP) is 5.83. The quantitative estimate of drug-likeness (QED) is 0.112. The molecule has 0 aliphatic carbocycles. The Morgan fingerprint density at radius 2 is 1.61 bits per heavy atom. The highest BCUT2D eigenvalue weighted by Crippen LogP contribution is 2.36. The largest absolute Gasteiger partial charge is 0.619 e. The van der Waals surface area contributed by atoms with Gasteiger partial charge in [0.05, 0.1) is 0 Å². The molecule has 2 heterocycles. The zero-order chi connectivity index (χ0) is 27.2. The number of nitrogens with zero attached hydrogens (tertiary/aromatic N) is 2. The van der Waals surface area contributed by atoms with E-state index in [-0.39, 0.29) is 12.2 Å². The first kappa shape index (κ1) is 26.6. The molecular weight excluding hydrogens is 504 g/mol. The van der Waals surface area contributed by atoms with Crippen LogP contribution in [0.25, 0.3) is 0 Å². The highest BCUT2D eigenvalue weighted by atomic mass is 19.3. The molecule has 38 heavy (non-hydrogen) atoms. The summed E-state index contributed by atoms with van der Waals surface area (Å²) in [5.74, 6) is -1.87. The molecule has 0 N–H and O–H groups in total. The minimum atomic E-state index is -3.27. The maximum absolute atomic E-state index is 13.0. The summed E-state index contributed by atoms with van der Waals surface area (Å²) in [6.45, 7) is -4.67. The van der Waals surface area contributed by atoms with Gasteiger partial charge >= 0.3 is 13.2 Å². The van der Waals surface area contributed by atoms with Gasteiger partial charge in [-0.3, -0.25) is 9.78 Å². The lowest BCUT2D eigenvalue weighted by Gasteiger charge is -2.20. The van der Waals surface area contributed by atoms with Crippen molar-refractivity contribution in [1.82, 2.24) is 4.98 Å². The number of carbonyl (C=O) groups excluding carboxylic acids is 1. The van der Waals surface area contributed by atoms with E-state index < -0.39 is 30.6 Å². The zero-order valence-corrected chi connectivity index (χ0v) is 20.1. The summed E-state index contributed by atoms with van der Waals surface area (Å²) in [6, 6.07) is 17.4. The van der Waals surface area contributed by atoms with E-state index in [1.807, 2.05) is 19.1 Å². The van der Waals surface area contributed by atoms with Crippen LogP contribution in [0.2, 0.25) is 0 Å². The van der Waals surface area contributed by atoms with Crippen LogP contribution in [0.4, 0.5) is 17.6 Å². The summed E-state index contributed by atoms with van der Waals surface area (Å²) in [4.78, 5) is 17.5. The fourth-order valence-corrected chi connectivity index (χ4v) is 4.06. The number of pyridine rings is 2. The smallest absolute Gasteiger partial charge is 0.387 e. The molecule has 0 bridgehead atoms. The van der Waals surface area contributed by atoms with Gasteiger partial charge in [-0.25, -0.2) is 0 Å². The van der Waals surface area contributed by atoms with Crippen molar-refractivity contribution >= 4 is 5.78 Å². The van der Waals surface area contributed by atoms with Crippen LogP contribution in [0, 0.1) is 12.1 Å². The first-order valence-electron chi connectivity index (χ1n) is 11.5. The Morgan fingerprint density at radius 3 is 2.24 bits per heavy atom. The molecular formula is C28H22F4N2O4. The summed E-state index contributed by atoms with van der Waals surface area (Å²) in [7, 11) is 0. The minimum absolute atomic E-state index is 0.206. The van der Waals surface area contributed by atoms with Crippen LogP contribution in [0.1, 0.15) is 44.2 Å². The van der Waals surface area contributed by atoms with Gasteiger partial charge in [-0.2, -0.15) is 22.3 Å². The Balaban J connectivity index is 1.72. The molecule has 0 saturated carbocycles. The lowest BCUT2D eigenvalue weighted by atomic mass is 9.88. The molecule has 0 saturated heterocycles. The van der Waals surface area contributed by atoms with Crippen LogP contribution in [-0.4, -0.2) is 24.0 Å². The fourth-order valence-electron chi connectivity index (χ4n) is 4.06. The lowest BCUT2D eigenvalue weighted by Crippen LogP contribution is -2.24. The number of aromatic nitrogens is 2. The molecule has 10 heteroatoms. The van der Waals surface area contributed by atoms with Gasteiger partial charge in [-0.1, -0.05) is 30.3 Å². The third-order valence-electron chi connectivity index (χ3n) is 5.91. The Labute approximate surface area is 215 Å². The molecule has 0 radical (unpaired) electrons. The SMILES string of the molecule is Cc1ccccc1C(=O)c1ccc(C(Cc2cc[n+]([O-])cc2)c2ccc(OC(F)F)c(OC(F)F)c2)nc1. The third kappa shape index (κ3) is 6.44. The molecule has 6 nitrogen and oxygen atoms in total. The van der Waals surface area contributed by atoms with Crippen molar-refractivity contribution < 1.29 is 36.6 Å². The molecule has 0 spiro atoms. The molecule has 2 aromatic heterocycles. The molecule has 0 fully saturated rings. The standard InChI is InChI=1S/C28H22F4N2O4/c1-17-4-2-3-5-21(17)26(35)20-6-8-23(33-16-20)22(14-18-10-12-34(36)13-11-18)19-7-9-24(37-27(29)30)25(15-19)38-28(31)32/h2-13,15-16,22,27-28H,14H2,1H3. The van der Waals surface area contributed by atoms with Crippen LogP contribution < -0.4 is 14.2 Å².